The molecular formula is C102H131N5O20. The van der Waals surface area contributed by atoms with Crippen LogP contribution < -0.4 is 52.1 Å². The van der Waals surface area contributed by atoms with Crippen LogP contribution in [0.5, 0.6) is 92.0 Å². The number of nitriles is 5. The summed E-state index contributed by atoms with van der Waals surface area (Å²) in [5.41, 5.74) is 2.93. The monoisotopic (exact) mass is 1750 g/mol. The average Bonchev–Trinajstić information content (AvgIpc) is 0.812. The lowest BCUT2D eigenvalue weighted by molar-refractivity contribution is -0.142. The van der Waals surface area contributed by atoms with Gasteiger partial charge in [-0.25, -0.2) is 0 Å². The van der Waals surface area contributed by atoms with Gasteiger partial charge in [0.2, 0.25) is 0 Å². The number of ketones is 2. The van der Waals surface area contributed by atoms with Gasteiger partial charge in [-0.2, -0.15) is 26.3 Å². The Morgan fingerprint density at radius 3 is 0.890 bits per heavy atom. The SMILES string of the molecule is CC(C)(C#N)c1cc(O)cc(O)c1.CCCCOc1cc(O)cc(C(C)(C)C#N)c1.CCCCOc1cc(OCCCOc2ccc(C(C)=O)c(O)c2CCC)cc(C(C)(C)C#N)c1.CCCCOc1cc(OCCCOc2ccc(C(C)=O)c(O)c2CCC)cc(C(C)(C)C(=O)O)c1.COc1cc(CC#N)cc(OC)c1.COc1cc(OC)cc(C(C)(C)C#N)c1. The molecular weight excluding hydrogens is 1620 g/mol. The van der Waals surface area contributed by atoms with E-state index in [-0.39, 0.29) is 40.3 Å². The van der Waals surface area contributed by atoms with Crippen molar-refractivity contribution in [3.63, 3.8) is 0 Å². The van der Waals surface area contributed by atoms with Crippen molar-refractivity contribution in [1.29, 1.82) is 26.3 Å². The Morgan fingerprint density at radius 2 is 0.598 bits per heavy atom. The molecule has 0 aliphatic carbocycles. The van der Waals surface area contributed by atoms with E-state index in [1.807, 2.05) is 104 Å². The van der Waals surface area contributed by atoms with Crippen molar-refractivity contribution < 1.29 is 97.1 Å². The molecule has 6 N–H and O–H groups in total. The van der Waals surface area contributed by atoms with Crippen LogP contribution in [0, 0.1) is 56.7 Å². The van der Waals surface area contributed by atoms with E-state index in [4.69, 9.17) is 73.2 Å². The van der Waals surface area contributed by atoms with Crippen LogP contribution in [0.2, 0.25) is 0 Å². The number of Topliss-reactive ketones (excluding diaryl/α,β-unsaturated/α-hetero) is 2. The molecule has 8 aromatic carbocycles. The number of aromatic hydroxyl groups is 5. The Morgan fingerprint density at radius 1 is 0.331 bits per heavy atom. The predicted octanol–water partition coefficient (Wildman–Crippen LogP) is 21.9. The van der Waals surface area contributed by atoms with Gasteiger partial charge < -0.3 is 82.7 Å². The second kappa shape index (κ2) is 53.9. The highest BCUT2D eigenvalue weighted by molar-refractivity contribution is 5.98. The number of nitrogens with zero attached hydrogens (tertiary/aromatic N) is 5. The fourth-order valence-corrected chi connectivity index (χ4v) is 11.7. The first-order valence-electron chi connectivity index (χ1n) is 42.6. The van der Waals surface area contributed by atoms with Crippen LogP contribution in [0.15, 0.2) is 133 Å². The number of carbonyl (C=O) groups is 3. The van der Waals surface area contributed by atoms with Gasteiger partial charge >= 0.3 is 5.97 Å². The fourth-order valence-electron chi connectivity index (χ4n) is 11.7. The van der Waals surface area contributed by atoms with Crippen LogP contribution in [-0.4, -0.2) is 123 Å². The number of phenolic OH excluding ortho intramolecular Hbond substituents is 5. The number of hydrogen-bond acceptors (Lipinski definition) is 24. The number of methoxy groups -OCH3 is 4. The van der Waals surface area contributed by atoms with Crippen molar-refractivity contribution >= 4 is 17.5 Å². The van der Waals surface area contributed by atoms with E-state index < -0.39 is 33.0 Å². The Labute approximate surface area is 751 Å². The molecule has 0 saturated carbocycles. The second-order valence-electron chi connectivity index (χ2n) is 32.6. The number of carboxylic acid groups (broad SMARTS) is 1. The lowest BCUT2D eigenvalue weighted by atomic mass is 9.84. The molecule has 25 heteroatoms. The summed E-state index contributed by atoms with van der Waals surface area (Å²) in [6.07, 6.45) is 10.4. The predicted molar refractivity (Wildman–Crippen MR) is 491 cm³/mol. The van der Waals surface area contributed by atoms with E-state index in [1.165, 1.54) is 32.0 Å². The van der Waals surface area contributed by atoms with Crippen LogP contribution in [0.25, 0.3) is 0 Å². The van der Waals surface area contributed by atoms with E-state index in [1.54, 1.807) is 123 Å². The third-order valence-corrected chi connectivity index (χ3v) is 20.0. The van der Waals surface area contributed by atoms with Gasteiger partial charge in [0, 0.05) is 60.4 Å². The molecule has 0 saturated heterocycles. The maximum absolute atomic E-state index is 11.8. The number of carboxylic acids is 1. The molecule has 8 aromatic rings. The molecule has 0 atom stereocenters. The second-order valence-corrected chi connectivity index (χ2v) is 32.6. The van der Waals surface area contributed by atoms with Gasteiger partial charge in [-0.15, -0.1) is 0 Å². The van der Waals surface area contributed by atoms with Crippen LogP contribution in [0.1, 0.15) is 247 Å². The minimum atomic E-state index is -1.09. The van der Waals surface area contributed by atoms with Gasteiger partial charge in [0.05, 0.1) is 150 Å². The number of phenols is 5. The summed E-state index contributed by atoms with van der Waals surface area (Å²) < 4.78 is 61.3. The first-order chi connectivity index (χ1) is 60.1. The van der Waals surface area contributed by atoms with Crippen molar-refractivity contribution in [1.82, 2.24) is 0 Å². The largest absolute Gasteiger partial charge is 0.508 e. The molecule has 8 rings (SSSR count). The number of hydrogen-bond donors (Lipinski definition) is 6. The molecule has 25 nitrogen and oxygen atoms in total. The van der Waals surface area contributed by atoms with Gasteiger partial charge in [-0.1, -0.05) is 66.7 Å². The molecule has 0 radical (unpaired) electrons. The number of unbranched alkanes of at least 4 members (excludes halogenated alkanes) is 3. The zero-order chi connectivity index (χ0) is 95.3. The van der Waals surface area contributed by atoms with Crippen LogP contribution in [-0.2, 0) is 51.1 Å². The number of aliphatic carboxylic acids is 1. The van der Waals surface area contributed by atoms with Gasteiger partial charge in [-0.05, 0) is 246 Å². The molecule has 0 heterocycles. The third-order valence-electron chi connectivity index (χ3n) is 20.0. The van der Waals surface area contributed by atoms with Gasteiger partial charge in [0.15, 0.2) is 11.6 Å². The Balaban J connectivity index is 0.000000414. The first kappa shape index (κ1) is 108. The van der Waals surface area contributed by atoms with Crippen molar-refractivity contribution in [3.05, 3.63) is 189 Å². The highest BCUT2D eigenvalue weighted by Gasteiger charge is 2.32. The summed E-state index contributed by atoms with van der Waals surface area (Å²) in [4.78, 5) is 35.2. The lowest BCUT2D eigenvalue weighted by Crippen LogP contribution is -2.28. The normalized spacial score (nSPS) is 10.8. The number of rotatable bonds is 41. The van der Waals surface area contributed by atoms with Crippen molar-refractivity contribution in [3.8, 4) is 122 Å². The Hall–Kier alpha value is -13.2. The van der Waals surface area contributed by atoms with E-state index in [2.05, 4.69) is 51.1 Å². The fraction of sp³-hybridized carbons (Fsp3) is 0.451. The van der Waals surface area contributed by atoms with Crippen LogP contribution >= 0.6 is 0 Å². The minimum absolute atomic E-state index is 0.00984. The maximum atomic E-state index is 11.8. The zero-order valence-corrected chi connectivity index (χ0v) is 78.0. The van der Waals surface area contributed by atoms with Crippen molar-refractivity contribution in [2.45, 2.75) is 228 Å². The molecule has 0 aromatic heterocycles. The van der Waals surface area contributed by atoms with Gasteiger partial charge in [0.25, 0.3) is 0 Å². The number of carbonyl (C=O) groups excluding carboxylic acids is 2. The highest BCUT2D eigenvalue weighted by Crippen LogP contribution is 2.39. The molecule has 0 aliphatic heterocycles. The molecule has 684 valence electrons. The quantitative estimate of drug-likeness (QED) is 0.0153. The van der Waals surface area contributed by atoms with Crippen LogP contribution in [0.3, 0.4) is 0 Å². The molecule has 0 fully saturated rings. The standard InChI is InChI=1S/C28H37NO5.C28H38O7.C14H19NO2.C12H15NO2.2C10H11NO2/c1-6-8-13-32-22-16-21(28(4,5)19-29)17-23(18-22)33-14-9-15-34-26-12-11-24(20(3)30)27(31)25(26)10-7-2;1-6-8-13-33-21-16-20(28(4,5)27(31)32)17-22(18-21)34-14-9-15-35-25-12-11-23(19(3)29)26(30)24(25)10-7-2;1-4-5-6-17-13-8-11(7-12(16)9-13)14(2,3)10-15;1-12(2,8-13)9-5-10(14-3)7-11(6-9)15-4;1-10(2,6-11)7-3-8(12)5-9(13)4-7;1-12-9-5-8(3-4-11)6-10(7-9)13-2/h11-12,16-18,31H,6-10,13-15H2,1-5H3;11-12,16-18,30H,6-10,13-15H2,1-5H3,(H,31,32);7-9,16H,4-6H2,1-3H3;5-7H,1-4H3;3-5,12-13H,1-2H3;5-7H,3H2,1-2H3. The summed E-state index contributed by atoms with van der Waals surface area (Å²) in [6, 6.07) is 48.6. The number of ether oxygens (including phenoxy) is 11. The average molecular weight is 1750 g/mol. The molecule has 0 amide bonds. The molecule has 0 unspecified atom stereocenters. The van der Waals surface area contributed by atoms with Gasteiger partial charge in [-0.3, -0.25) is 14.4 Å². The molecule has 0 spiro atoms. The summed E-state index contributed by atoms with van der Waals surface area (Å²) >= 11 is 0. The first-order valence-corrected chi connectivity index (χ1v) is 42.6. The van der Waals surface area contributed by atoms with Crippen molar-refractivity contribution in [2.75, 3.05) is 74.7 Å². The summed E-state index contributed by atoms with van der Waals surface area (Å²) in [7, 11) is 6.37. The molecule has 0 bridgehead atoms. The van der Waals surface area contributed by atoms with E-state index in [0.29, 0.717) is 175 Å². The van der Waals surface area contributed by atoms with E-state index in [9.17, 15) is 50.3 Å². The summed E-state index contributed by atoms with van der Waals surface area (Å²) in [5.74, 6) is 5.87. The van der Waals surface area contributed by atoms with Crippen LogP contribution in [0.4, 0.5) is 0 Å². The maximum Gasteiger partial charge on any atom is 0.313 e. The smallest absolute Gasteiger partial charge is 0.313 e. The lowest BCUT2D eigenvalue weighted by Gasteiger charge is -2.22. The van der Waals surface area contributed by atoms with E-state index >= 15 is 0 Å². The van der Waals surface area contributed by atoms with E-state index in [0.717, 1.165) is 73.6 Å². The minimum Gasteiger partial charge on any atom is -0.508 e. The zero-order valence-electron chi connectivity index (χ0n) is 78.0. The molecule has 0 aliphatic rings. The molecule has 127 heavy (non-hydrogen) atoms. The third kappa shape index (κ3) is 35.8. The Bertz CT molecular complexity index is 5010. The van der Waals surface area contributed by atoms with Crippen molar-refractivity contribution in [2.24, 2.45) is 0 Å². The Kier molecular flexibility index (Phi) is 45.8. The number of benzene rings is 8. The topological polar surface area (TPSA) is 393 Å². The van der Waals surface area contributed by atoms with Gasteiger partial charge in [0.1, 0.15) is 92.0 Å². The highest BCUT2D eigenvalue weighted by atomic mass is 16.5. The summed E-state index contributed by atoms with van der Waals surface area (Å²) in [5, 5.41) is 104. The summed E-state index contributed by atoms with van der Waals surface area (Å²) in [6.45, 7) is 34.3.